The Morgan fingerprint density at radius 1 is 1.02 bits per heavy atom. The Morgan fingerprint density at radius 2 is 1.77 bits per heavy atom. The second kappa shape index (κ2) is 10.7. The van der Waals surface area contributed by atoms with Crippen LogP contribution < -0.4 is 9.72 Å². The molecule has 2 aliphatic heterocycles. The number of hydrogen-bond acceptors (Lipinski definition) is 5. The Bertz CT molecular complexity index is 1490. The van der Waals surface area contributed by atoms with Gasteiger partial charge in [0.15, 0.2) is 6.20 Å². The summed E-state index contributed by atoms with van der Waals surface area (Å²) in [6.45, 7) is 5.53. The normalized spacial score (nSPS) is 21.3. The van der Waals surface area contributed by atoms with Crippen molar-refractivity contribution in [3.8, 4) is 17.1 Å². The van der Waals surface area contributed by atoms with E-state index in [0.717, 1.165) is 40.6 Å². The van der Waals surface area contributed by atoms with E-state index in [1.807, 2.05) is 49.2 Å². The van der Waals surface area contributed by atoms with E-state index >= 15 is 0 Å². The third kappa shape index (κ3) is 4.68. The average Bonchev–Trinajstić information content (AvgIpc) is 3.18. The Balaban J connectivity index is 1.58. The maximum atomic E-state index is 14.1. The monoisotopic (exact) mass is 544 g/mol. The van der Waals surface area contributed by atoms with Gasteiger partial charge in [-0.15, -0.1) is 0 Å². The van der Waals surface area contributed by atoms with E-state index in [9.17, 15) is 9.59 Å². The van der Waals surface area contributed by atoms with Crippen LogP contribution in [0.5, 0.6) is 5.88 Å². The van der Waals surface area contributed by atoms with Crippen LogP contribution in [0.25, 0.3) is 28.2 Å². The molecule has 2 fully saturated rings. The number of morpholine rings is 1. The lowest BCUT2D eigenvalue weighted by Gasteiger charge is -2.35. The maximum absolute atomic E-state index is 14.1. The molecule has 0 radical (unpaired) electrons. The van der Waals surface area contributed by atoms with Crippen molar-refractivity contribution in [3.63, 3.8) is 0 Å². The molecule has 8 heteroatoms. The van der Waals surface area contributed by atoms with Gasteiger partial charge in [-0.25, -0.2) is 4.79 Å². The third-order valence-corrected chi connectivity index (χ3v) is 8.61. The number of amides is 1. The fourth-order valence-electron chi connectivity index (χ4n) is 6.89. The Labute approximate surface area is 234 Å². The van der Waals surface area contributed by atoms with Crippen LogP contribution in [0.1, 0.15) is 73.4 Å². The molecule has 0 unspecified atom stereocenters. The predicted octanol–water partition coefficient (Wildman–Crippen LogP) is 5.00. The molecule has 1 saturated heterocycles. The molecule has 2 atom stereocenters. The van der Waals surface area contributed by atoms with Gasteiger partial charge in [-0.1, -0.05) is 25.3 Å². The lowest BCUT2D eigenvalue weighted by Crippen LogP contribution is -2.48. The first-order chi connectivity index (χ1) is 19.4. The number of carbonyl (C=O) groups excluding carboxylic acids is 2. The van der Waals surface area contributed by atoms with Crippen molar-refractivity contribution in [2.24, 2.45) is 0 Å². The summed E-state index contributed by atoms with van der Waals surface area (Å²) in [6.07, 6.45) is 9.89. The summed E-state index contributed by atoms with van der Waals surface area (Å²) >= 11 is 0. The standard InChI is InChI=1S/C32H37N3O5/c1-19-16-34(17-20(2)40-19)31(36)24-12-23-14-28(38-3)33-15-26(23)30-29(21-8-6-5-7-9-21)25-11-10-22(32(37)39-4)13-27(25)35(30)18-24/h10-15,19-21H,5-9,16-18H2,1-4H3/p+1/t19-,20+. The molecule has 1 saturated carbocycles. The van der Waals surface area contributed by atoms with Gasteiger partial charge in [0.05, 0.1) is 55.9 Å². The Kier molecular flexibility index (Phi) is 7.13. The highest BCUT2D eigenvalue weighted by Gasteiger charge is 2.34. The van der Waals surface area contributed by atoms with Crippen LogP contribution in [-0.2, 0) is 20.8 Å². The van der Waals surface area contributed by atoms with Crippen LogP contribution in [-0.4, -0.2) is 60.9 Å². The number of fused-ring (bicyclic) bond motifs is 5. The quantitative estimate of drug-likeness (QED) is 0.432. The molecule has 3 aliphatic rings. The number of carbonyl (C=O) groups is 2. The lowest BCUT2D eigenvalue weighted by atomic mass is 9.81. The minimum absolute atomic E-state index is 0.0118. The van der Waals surface area contributed by atoms with E-state index in [2.05, 4.69) is 15.6 Å². The van der Waals surface area contributed by atoms with Crippen LogP contribution in [0, 0.1) is 0 Å². The molecule has 3 aromatic rings. The fourth-order valence-corrected chi connectivity index (χ4v) is 6.89. The van der Waals surface area contributed by atoms with Crippen molar-refractivity contribution in [3.05, 3.63) is 52.7 Å². The van der Waals surface area contributed by atoms with Crippen LogP contribution in [0.3, 0.4) is 0 Å². The molecule has 40 heavy (non-hydrogen) atoms. The van der Waals surface area contributed by atoms with E-state index in [0.29, 0.717) is 42.6 Å². The predicted molar refractivity (Wildman–Crippen MR) is 152 cm³/mol. The fraction of sp³-hybridized carbons (Fsp3) is 0.469. The zero-order valence-corrected chi connectivity index (χ0v) is 23.8. The molecule has 1 aromatic carbocycles. The number of esters is 1. The summed E-state index contributed by atoms with van der Waals surface area (Å²) < 4.78 is 18.8. The zero-order chi connectivity index (χ0) is 28.0. The third-order valence-electron chi connectivity index (χ3n) is 8.61. The van der Waals surface area contributed by atoms with Crippen molar-refractivity contribution in [2.75, 3.05) is 27.3 Å². The van der Waals surface area contributed by atoms with E-state index < -0.39 is 0 Å². The van der Waals surface area contributed by atoms with Crippen molar-refractivity contribution < 1.29 is 28.8 Å². The molecule has 0 spiro atoms. The van der Waals surface area contributed by atoms with Crippen LogP contribution >= 0.6 is 0 Å². The van der Waals surface area contributed by atoms with Crippen LogP contribution in [0.2, 0.25) is 0 Å². The number of ether oxygens (including phenoxy) is 3. The van der Waals surface area contributed by atoms with E-state index in [-0.39, 0.29) is 24.1 Å². The summed E-state index contributed by atoms with van der Waals surface area (Å²) in [5.41, 5.74) is 6.55. The first kappa shape index (κ1) is 26.6. The SMILES string of the molecule is COC(=O)c1ccc2c(C3CCCCC3)c3n(c2c1)CC(C(=O)N1C[C@@H](C)O[C@@H](C)C1)=Cc1cc(OC)[nH+]cc1-3. The van der Waals surface area contributed by atoms with E-state index in [1.165, 1.54) is 31.9 Å². The molecule has 1 N–H and O–H groups in total. The zero-order valence-electron chi connectivity index (χ0n) is 23.8. The first-order valence-corrected chi connectivity index (χ1v) is 14.4. The number of nitrogens with one attached hydrogen (secondary N) is 1. The number of methoxy groups -OCH3 is 2. The lowest BCUT2D eigenvalue weighted by molar-refractivity contribution is -0.392. The molecule has 0 bridgehead atoms. The summed E-state index contributed by atoms with van der Waals surface area (Å²) in [5, 5.41) is 1.14. The minimum Gasteiger partial charge on any atom is -0.465 e. The molecule has 1 aliphatic carbocycles. The van der Waals surface area contributed by atoms with Gasteiger partial charge >= 0.3 is 11.8 Å². The number of pyridine rings is 1. The van der Waals surface area contributed by atoms with Crippen molar-refractivity contribution in [2.45, 2.75) is 70.6 Å². The van der Waals surface area contributed by atoms with Gasteiger partial charge in [-0.3, -0.25) is 4.79 Å². The number of aromatic nitrogens is 2. The van der Waals surface area contributed by atoms with Crippen LogP contribution in [0.4, 0.5) is 0 Å². The van der Waals surface area contributed by atoms with Gasteiger partial charge in [0.25, 0.3) is 5.91 Å². The number of H-pyrrole nitrogens is 1. The van der Waals surface area contributed by atoms with E-state index in [1.54, 1.807) is 7.11 Å². The molecule has 210 valence electrons. The molecule has 4 heterocycles. The smallest absolute Gasteiger partial charge is 0.366 e. The summed E-state index contributed by atoms with van der Waals surface area (Å²) in [7, 11) is 3.04. The molecular weight excluding hydrogens is 506 g/mol. The van der Waals surface area contributed by atoms with Crippen molar-refractivity contribution in [1.29, 1.82) is 0 Å². The molecule has 1 amide bonds. The van der Waals surface area contributed by atoms with Crippen molar-refractivity contribution in [1.82, 2.24) is 9.47 Å². The van der Waals surface area contributed by atoms with Gasteiger partial charge in [0, 0.05) is 35.1 Å². The van der Waals surface area contributed by atoms with Gasteiger partial charge in [-0.05, 0) is 56.4 Å². The topological polar surface area (TPSA) is 84.1 Å². The Hall–Kier alpha value is -3.65. The largest absolute Gasteiger partial charge is 0.465 e. The number of rotatable bonds is 4. The summed E-state index contributed by atoms with van der Waals surface area (Å²) in [6, 6.07) is 7.83. The number of nitrogens with zero attached hydrogens (tertiary/aromatic N) is 2. The highest BCUT2D eigenvalue weighted by Crippen LogP contribution is 2.46. The van der Waals surface area contributed by atoms with Gasteiger partial charge in [-0.2, -0.15) is 4.98 Å². The number of benzene rings is 1. The Morgan fingerprint density at radius 3 is 2.48 bits per heavy atom. The second-order valence-corrected chi connectivity index (χ2v) is 11.4. The van der Waals surface area contributed by atoms with Gasteiger partial charge in [0.2, 0.25) is 0 Å². The maximum Gasteiger partial charge on any atom is 0.366 e. The number of aromatic amines is 1. The second-order valence-electron chi connectivity index (χ2n) is 11.4. The first-order valence-electron chi connectivity index (χ1n) is 14.4. The summed E-state index contributed by atoms with van der Waals surface area (Å²) in [5.74, 6) is 0.682. The average molecular weight is 545 g/mol. The van der Waals surface area contributed by atoms with Gasteiger partial charge in [0.1, 0.15) is 0 Å². The molecular formula is C32H38N3O5+. The highest BCUT2D eigenvalue weighted by atomic mass is 16.5. The van der Waals surface area contributed by atoms with E-state index in [4.69, 9.17) is 14.2 Å². The minimum atomic E-state index is -0.369. The van der Waals surface area contributed by atoms with Crippen molar-refractivity contribution >= 4 is 28.9 Å². The molecule has 6 rings (SSSR count). The number of hydrogen-bond donors (Lipinski definition) is 0. The van der Waals surface area contributed by atoms with Crippen LogP contribution in [0.15, 0.2) is 36.0 Å². The molecule has 8 nitrogen and oxygen atoms in total. The summed E-state index contributed by atoms with van der Waals surface area (Å²) in [4.78, 5) is 31.9. The molecule has 2 aromatic heterocycles. The highest BCUT2D eigenvalue weighted by molar-refractivity contribution is 6.03. The van der Waals surface area contributed by atoms with Gasteiger partial charge < -0.3 is 23.7 Å².